The summed E-state index contributed by atoms with van der Waals surface area (Å²) in [6.45, 7) is 3.90. The molecular formula is C8H9ClOS. The predicted octanol–water partition coefficient (Wildman–Crippen LogP) is 2.56. The third-order valence-corrected chi connectivity index (χ3v) is 2.81. The molecule has 0 aliphatic rings. The van der Waals surface area contributed by atoms with Crippen LogP contribution in [0.25, 0.3) is 0 Å². The Morgan fingerprint density at radius 1 is 1.36 bits per heavy atom. The number of hydrogen-bond donors (Lipinski definition) is 0. The van der Waals surface area contributed by atoms with Crippen molar-refractivity contribution in [1.82, 2.24) is 0 Å². The van der Waals surface area contributed by atoms with Crippen LogP contribution in [0.4, 0.5) is 0 Å². The van der Waals surface area contributed by atoms with E-state index in [-0.39, 0.29) is 0 Å². The molecule has 0 radical (unpaired) electrons. The van der Waals surface area contributed by atoms with Crippen molar-refractivity contribution < 1.29 is 4.55 Å². The fourth-order valence-electron chi connectivity index (χ4n) is 0.979. The first-order chi connectivity index (χ1) is 5.11. The molecule has 0 N–H and O–H groups in total. The minimum absolute atomic E-state index is 0.706. The van der Waals surface area contributed by atoms with Crippen molar-refractivity contribution >= 4 is 21.1 Å². The molecule has 0 aliphatic carbocycles. The molecule has 0 saturated carbocycles. The average molecular weight is 189 g/mol. The summed E-state index contributed by atoms with van der Waals surface area (Å²) in [4.78, 5) is 0.706. The van der Waals surface area contributed by atoms with Crippen LogP contribution in [0.2, 0.25) is 0 Å². The number of hydrogen-bond acceptors (Lipinski definition) is 1. The van der Waals surface area contributed by atoms with Gasteiger partial charge in [0.05, 0.1) is 0 Å². The maximum Gasteiger partial charge on any atom is 0.181 e. The summed E-state index contributed by atoms with van der Waals surface area (Å²) in [5.74, 6) is 0. The Kier molecular flexibility index (Phi) is 2.82. The van der Waals surface area contributed by atoms with Gasteiger partial charge in [0.25, 0.3) is 0 Å². The van der Waals surface area contributed by atoms with Gasteiger partial charge in [-0.2, -0.15) is 0 Å². The standard InChI is InChI=1S/C8H9ClOS/c1-6-3-4-8(11(9)10)7(2)5-6/h3-5H,1-2H3. The first kappa shape index (κ1) is 8.91. The summed E-state index contributed by atoms with van der Waals surface area (Å²) in [5.41, 5.74) is 2.15. The normalized spacial score (nSPS) is 13.1. The van der Waals surface area contributed by atoms with Crippen LogP contribution < -0.4 is 0 Å². The molecule has 0 saturated heterocycles. The second-order valence-electron chi connectivity index (χ2n) is 2.49. The van der Waals surface area contributed by atoms with Gasteiger partial charge in [-0.3, -0.25) is 0 Å². The second kappa shape index (κ2) is 3.48. The molecule has 1 nitrogen and oxygen atoms in total. The summed E-state index contributed by atoms with van der Waals surface area (Å²) < 4.78 is 10.9. The number of aryl methyl sites for hydroxylation is 2. The highest BCUT2D eigenvalue weighted by atomic mass is 35.7. The number of halogens is 1. The van der Waals surface area contributed by atoms with Crippen molar-refractivity contribution in [2.75, 3.05) is 0 Å². The Morgan fingerprint density at radius 3 is 2.45 bits per heavy atom. The van der Waals surface area contributed by atoms with Crippen LogP contribution in [0.5, 0.6) is 0 Å². The molecule has 1 atom stereocenters. The number of rotatable bonds is 1. The Hall–Kier alpha value is -0.180. The van der Waals surface area contributed by atoms with Gasteiger partial charge in [0, 0.05) is 5.56 Å². The van der Waals surface area contributed by atoms with Crippen LogP contribution in [-0.2, 0) is 10.4 Å². The van der Waals surface area contributed by atoms with Gasteiger partial charge in [-0.1, -0.05) is 17.7 Å². The zero-order valence-electron chi connectivity index (χ0n) is 6.43. The van der Waals surface area contributed by atoms with Gasteiger partial charge in [0.1, 0.15) is 10.4 Å². The summed E-state index contributed by atoms with van der Waals surface area (Å²) in [5, 5.41) is 0. The molecule has 0 bridgehead atoms. The molecule has 0 aliphatic heterocycles. The van der Waals surface area contributed by atoms with E-state index in [1.54, 1.807) is 6.07 Å². The second-order valence-corrected chi connectivity index (χ2v) is 4.22. The van der Waals surface area contributed by atoms with Crippen molar-refractivity contribution in [3.63, 3.8) is 0 Å². The van der Waals surface area contributed by atoms with E-state index in [9.17, 15) is 4.55 Å². The van der Waals surface area contributed by atoms with Crippen LogP contribution in [-0.4, -0.2) is 4.55 Å². The Bertz CT molecular complexity index is 260. The first-order valence-corrected chi connectivity index (χ1v) is 5.24. The summed E-state index contributed by atoms with van der Waals surface area (Å²) in [7, 11) is 4.06. The van der Waals surface area contributed by atoms with Crippen LogP contribution in [0.15, 0.2) is 23.1 Å². The SMILES string of the molecule is Cc1ccc([S+]([O-])Cl)c(C)c1. The lowest BCUT2D eigenvalue weighted by Gasteiger charge is -2.03. The maximum absolute atomic E-state index is 10.9. The molecular weight excluding hydrogens is 180 g/mol. The largest absolute Gasteiger partial charge is 0.594 e. The topological polar surface area (TPSA) is 23.1 Å². The monoisotopic (exact) mass is 188 g/mol. The minimum atomic E-state index is -1.38. The van der Waals surface area contributed by atoms with Gasteiger partial charge in [0.15, 0.2) is 15.6 Å². The van der Waals surface area contributed by atoms with Gasteiger partial charge in [-0.05, 0) is 19.9 Å². The molecule has 1 unspecified atom stereocenters. The molecule has 0 aromatic heterocycles. The quantitative estimate of drug-likeness (QED) is 0.622. The summed E-state index contributed by atoms with van der Waals surface area (Å²) in [6, 6.07) is 5.67. The van der Waals surface area contributed by atoms with E-state index in [0.29, 0.717) is 4.90 Å². The molecule has 0 fully saturated rings. The highest BCUT2D eigenvalue weighted by molar-refractivity contribution is 8.13. The molecule has 11 heavy (non-hydrogen) atoms. The van der Waals surface area contributed by atoms with E-state index in [1.807, 2.05) is 26.0 Å². The number of benzene rings is 1. The zero-order valence-corrected chi connectivity index (χ0v) is 8.00. The van der Waals surface area contributed by atoms with Crippen molar-refractivity contribution in [3.05, 3.63) is 29.3 Å². The molecule has 0 spiro atoms. The van der Waals surface area contributed by atoms with E-state index < -0.39 is 10.4 Å². The van der Waals surface area contributed by atoms with Crippen LogP contribution in [0, 0.1) is 13.8 Å². The molecule has 0 heterocycles. The smallest absolute Gasteiger partial charge is 0.181 e. The van der Waals surface area contributed by atoms with Crippen molar-refractivity contribution in [2.24, 2.45) is 0 Å². The molecule has 60 valence electrons. The van der Waals surface area contributed by atoms with Crippen molar-refractivity contribution in [1.29, 1.82) is 0 Å². The molecule has 1 rings (SSSR count). The van der Waals surface area contributed by atoms with Gasteiger partial charge in [0.2, 0.25) is 0 Å². The van der Waals surface area contributed by atoms with Crippen LogP contribution >= 0.6 is 10.7 Å². The fourth-order valence-corrected chi connectivity index (χ4v) is 1.99. The van der Waals surface area contributed by atoms with E-state index in [4.69, 9.17) is 10.7 Å². The van der Waals surface area contributed by atoms with Gasteiger partial charge >= 0.3 is 0 Å². The van der Waals surface area contributed by atoms with Gasteiger partial charge < -0.3 is 4.55 Å². The first-order valence-electron chi connectivity index (χ1n) is 3.26. The maximum atomic E-state index is 10.9. The van der Waals surface area contributed by atoms with Crippen LogP contribution in [0.1, 0.15) is 11.1 Å². The average Bonchev–Trinajstić information content (AvgIpc) is 1.85. The fraction of sp³-hybridized carbons (Fsp3) is 0.250. The lowest BCUT2D eigenvalue weighted by Crippen LogP contribution is -1.94. The minimum Gasteiger partial charge on any atom is -0.594 e. The molecule has 0 amide bonds. The Labute approximate surface area is 74.1 Å². The Balaban J connectivity index is 3.09. The van der Waals surface area contributed by atoms with E-state index in [0.717, 1.165) is 11.1 Å². The lowest BCUT2D eigenvalue weighted by molar-refractivity contribution is 0.608. The molecule has 3 heteroatoms. The highest BCUT2D eigenvalue weighted by Crippen LogP contribution is 2.19. The van der Waals surface area contributed by atoms with Gasteiger partial charge in [-0.15, -0.1) is 0 Å². The van der Waals surface area contributed by atoms with Gasteiger partial charge in [-0.25, -0.2) is 0 Å². The van der Waals surface area contributed by atoms with Crippen molar-refractivity contribution in [3.8, 4) is 0 Å². The highest BCUT2D eigenvalue weighted by Gasteiger charge is 2.10. The van der Waals surface area contributed by atoms with E-state index in [2.05, 4.69) is 0 Å². The lowest BCUT2D eigenvalue weighted by atomic mass is 10.2. The van der Waals surface area contributed by atoms with E-state index in [1.165, 1.54) is 0 Å². The van der Waals surface area contributed by atoms with Crippen molar-refractivity contribution in [2.45, 2.75) is 18.7 Å². The van der Waals surface area contributed by atoms with E-state index >= 15 is 0 Å². The summed E-state index contributed by atoms with van der Waals surface area (Å²) in [6.07, 6.45) is 0. The third kappa shape index (κ3) is 2.12. The molecule has 1 aromatic rings. The molecule has 1 aromatic carbocycles. The third-order valence-electron chi connectivity index (χ3n) is 1.50. The summed E-state index contributed by atoms with van der Waals surface area (Å²) >= 11 is 0. The zero-order chi connectivity index (χ0) is 8.43. The van der Waals surface area contributed by atoms with Crippen LogP contribution in [0.3, 0.4) is 0 Å². The Morgan fingerprint density at radius 2 is 2.00 bits per heavy atom. The predicted molar refractivity (Wildman–Crippen MR) is 48.2 cm³/mol.